The lowest BCUT2D eigenvalue weighted by Gasteiger charge is -2.35. The lowest BCUT2D eigenvalue weighted by atomic mass is 10.1. The van der Waals surface area contributed by atoms with Gasteiger partial charge in [0.1, 0.15) is 10.6 Å². The summed E-state index contributed by atoms with van der Waals surface area (Å²) in [5, 5.41) is 3.74. The van der Waals surface area contributed by atoms with E-state index >= 15 is 0 Å². The van der Waals surface area contributed by atoms with Gasteiger partial charge in [0.05, 0.1) is 18.4 Å². The van der Waals surface area contributed by atoms with Crippen molar-refractivity contribution in [2.45, 2.75) is 18.7 Å². The molecule has 0 saturated carbocycles. The minimum Gasteiger partial charge on any atom is -0.465 e. The molecule has 9 heteroatoms. The molecule has 8 nitrogen and oxygen atoms in total. The number of rotatable bonds is 4. The summed E-state index contributed by atoms with van der Waals surface area (Å²) in [7, 11) is -2.32. The van der Waals surface area contributed by atoms with Gasteiger partial charge >= 0.3 is 5.97 Å². The normalized spacial score (nSPS) is 15.9. The summed E-state index contributed by atoms with van der Waals surface area (Å²) in [6.07, 6.45) is 0. The van der Waals surface area contributed by atoms with Gasteiger partial charge in [0.2, 0.25) is 10.0 Å². The highest BCUT2D eigenvalue weighted by Gasteiger charge is 2.33. The molecule has 140 valence electrons. The van der Waals surface area contributed by atoms with Gasteiger partial charge in [0, 0.05) is 26.2 Å². The molecule has 26 heavy (non-hydrogen) atoms. The van der Waals surface area contributed by atoms with E-state index in [9.17, 15) is 13.2 Å². The quantitative estimate of drug-likeness (QED) is 0.745. The standard InChI is InChI=1S/C17H21N3O5S/c1-12-16(13(2)25-18-12)26(22,23)20-10-8-19(9-11-20)15-7-5-4-6-14(15)17(21)24-3/h4-7H,8-11H2,1-3H3. The summed E-state index contributed by atoms with van der Waals surface area (Å²) in [6, 6.07) is 7.15. The third-order valence-corrected chi connectivity index (χ3v) is 6.60. The molecule has 0 radical (unpaired) electrons. The molecular weight excluding hydrogens is 358 g/mol. The molecule has 0 N–H and O–H groups in total. The van der Waals surface area contributed by atoms with Crippen molar-refractivity contribution >= 4 is 21.7 Å². The number of carbonyl (C=O) groups is 1. The molecule has 3 rings (SSSR count). The number of methoxy groups -OCH3 is 1. The lowest BCUT2D eigenvalue weighted by molar-refractivity contribution is 0.0601. The van der Waals surface area contributed by atoms with Crippen molar-refractivity contribution in [3.05, 3.63) is 41.3 Å². The molecule has 1 aliphatic heterocycles. The molecule has 1 saturated heterocycles. The number of para-hydroxylation sites is 1. The Kier molecular flexibility index (Phi) is 5.01. The third-order valence-electron chi connectivity index (χ3n) is 4.45. The van der Waals surface area contributed by atoms with Crippen LogP contribution in [0, 0.1) is 13.8 Å². The molecule has 2 aromatic rings. The van der Waals surface area contributed by atoms with E-state index in [1.807, 2.05) is 17.0 Å². The lowest BCUT2D eigenvalue weighted by Crippen LogP contribution is -2.49. The summed E-state index contributed by atoms with van der Waals surface area (Å²) in [5.74, 6) is -0.118. The molecule has 0 unspecified atom stereocenters. The number of benzene rings is 1. The fourth-order valence-corrected chi connectivity index (χ4v) is 4.89. The number of sulfonamides is 1. The first kappa shape index (κ1) is 18.4. The van der Waals surface area contributed by atoms with Crippen LogP contribution in [-0.4, -0.2) is 57.1 Å². The molecule has 0 spiro atoms. The Hall–Kier alpha value is -2.39. The number of aromatic nitrogens is 1. The van der Waals surface area contributed by atoms with Crippen LogP contribution >= 0.6 is 0 Å². The number of ether oxygens (including phenoxy) is 1. The maximum atomic E-state index is 12.9. The zero-order valence-corrected chi connectivity index (χ0v) is 15.7. The Labute approximate surface area is 152 Å². The highest BCUT2D eigenvalue weighted by Crippen LogP contribution is 2.27. The van der Waals surface area contributed by atoms with Crippen LogP contribution in [-0.2, 0) is 14.8 Å². The predicted molar refractivity (Wildman–Crippen MR) is 94.7 cm³/mol. The summed E-state index contributed by atoms with van der Waals surface area (Å²) < 4.78 is 37.0. The van der Waals surface area contributed by atoms with Crippen LogP contribution in [0.15, 0.2) is 33.7 Å². The van der Waals surface area contributed by atoms with Gasteiger partial charge in [-0.05, 0) is 26.0 Å². The second-order valence-electron chi connectivity index (χ2n) is 6.05. The number of anilines is 1. The number of carbonyl (C=O) groups excluding carboxylic acids is 1. The van der Waals surface area contributed by atoms with Gasteiger partial charge in [0.25, 0.3) is 0 Å². The van der Waals surface area contributed by atoms with Crippen molar-refractivity contribution in [3.8, 4) is 0 Å². The summed E-state index contributed by atoms with van der Waals surface area (Å²) >= 11 is 0. The van der Waals surface area contributed by atoms with Gasteiger partial charge in [0.15, 0.2) is 5.76 Å². The van der Waals surface area contributed by atoms with Gasteiger partial charge in [-0.25, -0.2) is 13.2 Å². The summed E-state index contributed by atoms with van der Waals surface area (Å²) in [5.41, 5.74) is 1.58. The number of piperazine rings is 1. The average molecular weight is 379 g/mol. The molecule has 1 aromatic carbocycles. The largest absolute Gasteiger partial charge is 0.465 e. The van der Waals surface area contributed by atoms with Crippen LogP contribution in [0.4, 0.5) is 5.69 Å². The first-order valence-electron chi connectivity index (χ1n) is 8.21. The second-order valence-corrected chi connectivity index (χ2v) is 7.93. The Morgan fingerprint density at radius 2 is 1.81 bits per heavy atom. The van der Waals surface area contributed by atoms with Crippen LogP contribution in [0.3, 0.4) is 0 Å². The smallest absolute Gasteiger partial charge is 0.339 e. The van der Waals surface area contributed by atoms with E-state index in [2.05, 4.69) is 5.16 Å². The predicted octanol–water partition coefficient (Wildman–Crippen LogP) is 1.59. The van der Waals surface area contributed by atoms with E-state index in [0.29, 0.717) is 43.2 Å². The van der Waals surface area contributed by atoms with Gasteiger partial charge in [-0.3, -0.25) is 0 Å². The van der Waals surface area contributed by atoms with Crippen molar-refractivity contribution in [1.82, 2.24) is 9.46 Å². The van der Waals surface area contributed by atoms with Crippen molar-refractivity contribution in [3.63, 3.8) is 0 Å². The molecule has 1 aliphatic rings. The Morgan fingerprint density at radius 3 is 2.38 bits per heavy atom. The molecular formula is C17H21N3O5S. The molecule has 0 aliphatic carbocycles. The van der Waals surface area contributed by atoms with Crippen molar-refractivity contribution in [2.75, 3.05) is 38.2 Å². The number of aryl methyl sites for hydroxylation is 2. The molecule has 1 fully saturated rings. The van der Waals surface area contributed by atoms with Crippen LogP contribution in [0.25, 0.3) is 0 Å². The second kappa shape index (κ2) is 7.08. The Bertz CT molecular complexity index is 895. The van der Waals surface area contributed by atoms with Gasteiger partial charge < -0.3 is 14.2 Å². The highest BCUT2D eigenvalue weighted by molar-refractivity contribution is 7.89. The van der Waals surface area contributed by atoms with Crippen LogP contribution < -0.4 is 4.90 Å². The van der Waals surface area contributed by atoms with Gasteiger partial charge in [-0.1, -0.05) is 17.3 Å². The van der Waals surface area contributed by atoms with Gasteiger partial charge in [-0.15, -0.1) is 0 Å². The molecule has 0 amide bonds. The zero-order chi connectivity index (χ0) is 18.9. The van der Waals surface area contributed by atoms with Crippen molar-refractivity contribution < 1.29 is 22.5 Å². The monoisotopic (exact) mass is 379 g/mol. The molecule has 1 aromatic heterocycles. The van der Waals surface area contributed by atoms with Gasteiger partial charge in [-0.2, -0.15) is 4.31 Å². The minimum atomic E-state index is -3.66. The van der Waals surface area contributed by atoms with E-state index in [1.165, 1.54) is 11.4 Å². The van der Waals surface area contributed by atoms with E-state index in [0.717, 1.165) is 5.69 Å². The van der Waals surface area contributed by atoms with E-state index in [-0.39, 0.29) is 4.90 Å². The number of nitrogens with zero attached hydrogens (tertiary/aromatic N) is 3. The SMILES string of the molecule is COC(=O)c1ccccc1N1CCN(S(=O)(=O)c2c(C)noc2C)CC1. The van der Waals surface area contributed by atoms with Crippen LogP contribution in [0.2, 0.25) is 0 Å². The first-order valence-corrected chi connectivity index (χ1v) is 9.65. The van der Waals surface area contributed by atoms with Crippen molar-refractivity contribution in [2.24, 2.45) is 0 Å². The average Bonchev–Trinajstić information content (AvgIpc) is 3.00. The van der Waals surface area contributed by atoms with Crippen LogP contribution in [0.5, 0.6) is 0 Å². The number of esters is 1. The summed E-state index contributed by atoms with van der Waals surface area (Å²) in [6.45, 7) is 4.76. The third kappa shape index (κ3) is 3.19. The highest BCUT2D eigenvalue weighted by atomic mass is 32.2. The topological polar surface area (TPSA) is 93.0 Å². The molecule has 2 heterocycles. The fourth-order valence-electron chi connectivity index (χ4n) is 3.17. The van der Waals surface area contributed by atoms with Crippen molar-refractivity contribution in [1.29, 1.82) is 0 Å². The molecule has 0 bridgehead atoms. The number of hydrogen-bond acceptors (Lipinski definition) is 7. The van der Waals surface area contributed by atoms with Crippen LogP contribution in [0.1, 0.15) is 21.8 Å². The number of hydrogen-bond donors (Lipinski definition) is 0. The maximum absolute atomic E-state index is 12.9. The summed E-state index contributed by atoms with van der Waals surface area (Å²) in [4.78, 5) is 14.1. The Morgan fingerprint density at radius 1 is 1.15 bits per heavy atom. The first-order chi connectivity index (χ1) is 12.4. The zero-order valence-electron chi connectivity index (χ0n) is 14.9. The maximum Gasteiger partial charge on any atom is 0.339 e. The van der Waals surface area contributed by atoms with E-state index in [1.54, 1.807) is 26.0 Å². The van der Waals surface area contributed by atoms with E-state index in [4.69, 9.17) is 9.26 Å². The fraction of sp³-hybridized carbons (Fsp3) is 0.412. The minimum absolute atomic E-state index is 0.140. The Balaban J connectivity index is 1.79. The van der Waals surface area contributed by atoms with E-state index < -0.39 is 16.0 Å². The molecule has 0 atom stereocenters.